The predicted molar refractivity (Wildman–Crippen MR) is 69.3 cm³/mol. The highest BCUT2D eigenvalue weighted by molar-refractivity contribution is 5.73. The minimum absolute atomic E-state index is 0.272. The molecule has 18 heavy (non-hydrogen) atoms. The quantitative estimate of drug-likeness (QED) is 0.728. The molecule has 2 aliphatic heterocycles. The second kappa shape index (κ2) is 4.57. The number of ether oxygens (including phenoxy) is 2. The lowest BCUT2D eigenvalue weighted by molar-refractivity contribution is 0.154. The highest BCUT2D eigenvalue weighted by Crippen LogP contribution is 2.39. The molecule has 0 spiro atoms. The number of nitrogens with two attached hydrogens (primary N) is 1. The van der Waals surface area contributed by atoms with Gasteiger partial charge in [0.05, 0.1) is 17.5 Å². The number of piperidine rings is 1. The first-order valence-electron chi connectivity index (χ1n) is 6.36. The average molecular weight is 250 g/mol. The number of hydrogen-bond acceptors (Lipinski definition) is 5. The Balaban J connectivity index is 1.91. The van der Waals surface area contributed by atoms with Crippen LogP contribution < -0.4 is 20.1 Å². The Labute approximate surface area is 106 Å². The van der Waals surface area contributed by atoms with Gasteiger partial charge in [-0.3, -0.25) is 0 Å². The van der Waals surface area contributed by atoms with E-state index in [-0.39, 0.29) is 6.10 Å². The lowest BCUT2D eigenvalue weighted by Gasteiger charge is -2.33. The Morgan fingerprint density at radius 2 is 1.94 bits per heavy atom. The number of fused-ring (bicyclic) bond motifs is 1. The normalized spacial score (nSPS) is 22.9. The summed E-state index contributed by atoms with van der Waals surface area (Å²) in [6, 6.07) is 3.73. The smallest absolute Gasteiger partial charge is 0.163 e. The largest absolute Gasteiger partial charge is 0.486 e. The van der Waals surface area contributed by atoms with Gasteiger partial charge in [-0.05, 0) is 12.8 Å². The molecule has 2 aliphatic rings. The SMILES string of the molecule is Nc1cc2c(cc1N1CCCC(O)C1)OCCO2. The molecule has 0 saturated carbocycles. The molecule has 1 aromatic carbocycles. The maximum atomic E-state index is 9.73. The second-order valence-corrected chi connectivity index (χ2v) is 4.80. The van der Waals surface area contributed by atoms with Gasteiger partial charge < -0.3 is 25.2 Å². The van der Waals surface area contributed by atoms with E-state index in [2.05, 4.69) is 4.90 Å². The van der Waals surface area contributed by atoms with Crippen LogP contribution in [0.25, 0.3) is 0 Å². The molecule has 0 aromatic heterocycles. The summed E-state index contributed by atoms with van der Waals surface area (Å²) >= 11 is 0. The van der Waals surface area contributed by atoms with Gasteiger partial charge in [-0.2, -0.15) is 0 Å². The van der Waals surface area contributed by atoms with Crippen molar-refractivity contribution in [1.82, 2.24) is 0 Å². The third-order valence-corrected chi connectivity index (χ3v) is 3.43. The van der Waals surface area contributed by atoms with Gasteiger partial charge in [0.2, 0.25) is 0 Å². The van der Waals surface area contributed by atoms with Crippen molar-refractivity contribution in [3.63, 3.8) is 0 Å². The number of aliphatic hydroxyl groups excluding tert-OH is 1. The van der Waals surface area contributed by atoms with Crippen molar-refractivity contribution in [1.29, 1.82) is 0 Å². The van der Waals surface area contributed by atoms with Gasteiger partial charge in [0.15, 0.2) is 11.5 Å². The Bertz CT molecular complexity index is 450. The first kappa shape index (κ1) is 11.5. The molecule has 2 heterocycles. The van der Waals surface area contributed by atoms with Crippen LogP contribution in [0, 0.1) is 0 Å². The molecule has 0 radical (unpaired) electrons. The van der Waals surface area contributed by atoms with E-state index in [0.717, 1.165) is 30.8 Å². The van der Waals surface area contributed by atoms with Gasteiger partial charge >= 0.3 is 0 Å². The molecule has 0 amide bonds. The Morgan fingerprint density at radius 3 is 2.67 bits per heavy atom. The molecular weight excluding hydrogens is 232 g/mol. The molecule has 98 valence electrons. The van der Waals surface area contributed by atoms with E-state index >= 15 is 0 Å². The van der Waals surface area contributed by atoms with Gasteiger partial charge in [0.1, 0.15) is 13.2 Å². The molecule has 1 unspecified atom stereocenters. The molecule has 3 rings (SSSR count). The predicted octanol–water partition coefficient (Wildman–Crippen LogP) is 1.00. The minimum atomic E-state index is -0.272. The summed E-state index contributed by atoms with van der Waals surface area (Å²) in [4.78, 5) is 2.11. The molecule has 1 atom stereocenters. The van der Waals surface area contributed by atoms with Gasteiger partial charge in [0, 0.05) is 25.2 Å². The van der Waals surface area contributed by atoms with Crippen LogP contribution in [0.4, 0.5) is 11.4 Å². The van der Waals surface area contributed by atoms with E-state index in [1.165, 1.54) is 0 Å². The fourth-order valence-corrected chi connectivity index (χ4v) is 2.54. The molecule has 1 saturated heterocycles. The van der Waals surface area contributed by atoms with E-state index < -0.39 is 0 Å². The fourth-order valence-electron chi connectivity index (χ4n) is 2.54. The summed E-state index contributed by atoms with van der Waals surface area (Å²) in [6.45, 7) is 2.68. The van der Waals surface area contributed by atoms with Crippen LogP contribution >= 0.6 is 0 Å². The standard InChI is InChI=1S/C13H18N2O3/c14-10-6-12-13(18-5-4-17-12)7-11(10)15-3-1-2-9(16)8-15/h6-7,9,16H,1-5,8,14H2. The number of benzene rings is 1. The molecule has 5 nitrogen and oxygen atoms in total. The summed E-state index contributed by atoms with van der Waals surface area (Å²) in [5.41, 5.74) is 7.67. The fraction of sp³-hybridized carbons (Fsp3) is 0.538. The first-order chi connectivity index (χ1) is 8.74. The van der Waals surface area contributed by atoms with Gasteiger partial charge in [0.25, 0.3) is 0 Å². The van der Waals surface area contributed by atoms with E-state index in [1.807, 2.05) is 12.1 Å². The molecule has 0 bridgehead atoms. The Morgan fingerprint density at radius 1 is 1.22 bits per heavy atom. The maximum absolute atomic E-state index is 9.73. The topological polar surface area (TPSA) is 68.0 Å². The first-order valence-corrected chi connectivity index (χ1v) is 6.36. The van der Waals surface area contributed by atoms with E-state index in [4.69, 9.17) is 15.2 Å². The van der Waals surface area contributed by atoms with Crippen LogP contribution in [0.2, 0.25) is 0 Å². The number of nitrogen functional groups attached to an aromatic ring is 1. The monoisotopic (exact) mass is 250 g/mol. The summed E-state index contributed by atoms with van der Waals surface area (Å²) in [6.07, 6.45) is 1.57. The van der Waals surface area contributed by atoms with E-state index in [1.54, 1.807) is 0 Å². The van der Waals surface area contributed by atoms with Crippen molar-refractivity contribution >= 4 is 11.4 Å². The third kappa shape index (κ3) is 2.06. The Kier molecular flexibility index (Phi) is 2.91. The van der Waals surface area contributed by atoms with Gasteiger partial charge in [-0.15, -0.1) is 0 Å². The van der Waals surface area contributed by atoms with Crippen LogP contribution in [0.15, 0.2) is 12.1 Å². The third-order valence-electron chi connectivity index (χ3n) is 3.43. The minimum Gasteiger partial charge on any atom is -0.486 e. The number of nitrogens with zero attached hydrogens (tertiary/aromatic N) is 1. The zero-order valence-electron chi connectivity index (χ0n) is 10.3. The number of hydrogen-bond donors (Lipinski definition) is 2. The number of aliphatic hydroxyl groups is 1. The lowest BCUT2D eigenvalue weighted by Crippen LogP contribution is -2.38. The van der Waals surface area contributed by atoms with Crippen molar-refractivity contribution in [3.05, 3.63) is 12.1 Å². The molecule has 1 aromatic rings. The maximum Gasteiger partial charge on any atom is 0.163 e. The number of rotatable bonds is 1. The summed E-state index contributed by atoms with van der Waals surface area (Å²) < 4.78 is 11.1. The molecule has 3 N–H and O–H groups in total. The van der Waals surface area contributed by atoms with Crippen LogP contribution in [0.1, 0.15) is 12.8 Å². The summed E-state index contributed by atoms with van der Waals surface area (Å²) in [5.74, 6) is 1.45. The summed E-state index contributed by atoms with van der Waals surface area (Å²) in [5, 5.41) is 9.73. The number of anilines is 2. The molecular formula is C13H18N2O3. The molecule has 1 fully saturated rings. The van der Waals surface area contributed by atoms with Crippen LogP contribution in [-0.2, 0) is 0 Å². The van der Waals surface area contributed by atoms with Crippen LogP contribution in [0.5, 0.6) is 11.5 Å². The Hall–Kier alpha value is -1.62. The van der Waals surface area contributed by atoms with Crippen molar-refractivity contribution in [2.24, 2.45) is 0 Å². The van der Waals surface area contributed by atoms with Crippen LogP contribution in [-0.4, -0.2) is 37.5 Å². The summed E-state index contributed by atoms with van der Waals surface area (Å²) in [7, 11) is 0. The van der Waals surface area contributed by atoms with E-state index in [0.29, 0.717) is 31.2 Å². The van der Waals surface area contributed by atoms with Crippen molar-refractivity contribution in [3.8, 4) is 11.5 Å². The second-order valence-electron chi connectivity index (χ2n) is 4.80. The zero-order valence-corrected chi connectivity index (χ0v) is 10.3. The lowest BCUT2D eigenvalue weighted by atomic mass is 10.1. The zero-order chi connectivity index (χ0) is 12.5. The number of β-amino-alcohol motifs (C(OH)–C–C–N with tert-alkyl or cyclic N) is 1. The molecule has 0 aliphatic carbocycles. The highest BCUT2D eigenvalue weighted by atomic mass is 16.6. The van der Waals surface area contributed by atoms with E-state index in [9.17, 15) is 5.11 Å². The van der Waals surface area contributed by atoms with Crippen molar-refractivity contribution in [2.45, 2.75) is 18.9 Å². The van der Waals surface area contributed by atoms with Crippen LogP contribution in [0.3, 0.4) is 0 Å². The average Bonchev–Trinajstić information content (AvgIpc) is 2.38. The highest BCUT2D eigenvalue weighted by Gasteiger charge is 2.22. The van der Waals surface area contributed by atoms with Gasteiger partial charge in [-0.25, -0.2) is 0 Å². The van der Waals surface area contributed by atoms with Crippen molar-refractivity contribution < 1.29 is 14.6 Å². The molecule has 5 heteroatoms. The van der Waals surface area contributed by atoms with Gasteiger partial charge in [-0.1, -0.05) is 0 Å². The van der Waals surface area contributed by atoms with Crippen molar-refractivity contribution in [2.75, 3.05) is 36.9 Å².